The Bertz CT molecular complexity index is 687. The van der Waals surface area contributed by atoms with E-state index in [0.29, 0.717) is 31.3 Å². The molecule has 3 rings (SSSR count). The number of hydrogen-bond donors (Lipinski definition) is 1. The number of nitrogens with one attached hydrogen (secondary N) is 1. The van der Waals surface area contributed by atoms with Gasteiger partial charge in [0.15, 0.2) is 5.82 Å². The van der Waals surface area contributed by atoms with Crippen molar-refractivity contribution in [2.24, 2.45) is 0 Å². The molecular weight excluding hydrogens is 312 g/mol. The molecule has 1 aliphatic heterocycles. The lowest BCUT2D eigenvalue weighted by molar-refractivity contribution is -0.0199. The lowest BCUT2D eigenvalue weighted by Gasteiger charge is -2.32. The van der Waals surface area contributed by atoms with Gasteiger partial charge in [-0.05, 0) is 13.0 Å². The lowest BCUT2D eigenvalue weighted by atomic mass is 10.2. The van der Waals surface area contributed by atoms with Crippen molar-refractivity contribution >= 4 is 11.7 Å². The van der Waals surface area contributed by atoms with E-state index in [4.69, 9.17) is 9.47 Å². The van der Waals surface area contributed by atoms with Crippen LogP contribution in [0.5, 0.6) is 5.88 Å². The molecule has 0 spiro atoms. The molecular formula is C15H20N6O3. The molecule has 9 heteroatoms. The molecule has 24 heavy (non-hydrogen) atoms. The Labute approximate surface area is 139 Å². The molecule has 9 nitrogen and oxygen atoms in total. The van der Waals surface area contributed by atoms with Crippen molar-refractivity contribution in [2.75, 3.05) is 32.1 Å². The zero-order valence-electron chi connectivity index (χ0n) is 13.7. The number of aryl methyl sites for hydroxylation is 1. The number of methoxy groups -OCH3 is 1. The Kier molecular flexibility index (Phi) is 4.90. The molecule has 1 N–H and O–H groups in total. The number of rotatable bonds is 4. The SMILES string of the molecule is CCn1cnnc1C1CN(C(=O)Nc2ccc(OC)nc2)CCO1. The average molecular weight is 332 g/mol. The monoisotopic (exact) mass is 332 g/mol. The van der Waals surface area contributed by atoms with Crippen LogP contribution >= 0.6 is 0 Å². The molecule has 2 aromatic rings. The van der Waals surface area contributed by atoms with Crippen LogP contribution in [0.4, 0.5) is 10.5 Å². The van der Waals surface area contributed by atoms with Crippen molar-refractivity contribution in [1.29, 1.82) is 0 Å². The standard InChI is InChI=1S/C15H20N6O3/c1-3-20-10-17-19-14(20)12-9-21(6-7-24-12)15(22)18-11-4-5-13(23-2)16-8-11/h4-5,8,10,12H,3,6-7,9H2,1-2H3,(H,18,22). The van der Waals surface area contributed by atoms with Gasteiger partial charge in [0.05, 0.1) is 32.1 Å². The zero-order valence-corrected chi connectivity index (χ0v) is 13.7. The van der Waals surface area contributed by atoms with Crippen molar-refractivity contribution in [3.63, 3.8) is 0 Å². The minimum absolute atomic E-state index is 0.196. The number of aromatic nitrogens is 4. The van der Waals surface area contributed by atoms with Crippen molar-refractivity contribution in [3.05, 3.63) is 30.5 Å². The molecule has 1 atom stereocenters. The Balaban J connectivity index is 1.64. The highest BCUT2D eigenvalue weighted by Gasteiger charge is 2.28. The number of ether oxygens (including phenoxy) is 2. The van der Waals surface area contributed by atoms with Crippen LogP contribution in [0.2, 0.25) is 0 Å². The molecule has 1 unspecified atom stereocenters. The first-order valence-corrected chi connectivity index (χ1v) is 7.76. The summed E-state index contributed by atoms with van der Waals surface area (Å²) in [5.41, 5.74) is 0.612. The van der Waals surface area contributed by atoms with E-state index in [9.17, 15) is 4.79 Å². The normalized spacial score (nSPS) is 17.6. The summed E-state index contributed by atoms with van der Waals surface area (Å²) in [5.74, 6) is 1.24. The van der Waals surface area contributed by atoms with Crippen LogP contribution < -0.4 is 10.1 Å². The molecule has 0 saturated carbocycles. The zero-order chi connectivity index (χ0) is 16.9. The maximum atomic E-state index is 12.4. The summed E-state index contributed by atoms with van der Waals surface area (Å²) >= 11 is 0. The summed E-state index contributed by atoms with van der Waals surface area (Å²) in [4.78, 5) is 18.2. The second kappa shape index (κ2) is 7.26. The molecule has 1 saturated heterocycles. The van der Waals surface area contributed by atoms with Gasteiger partial charge in [-0.3, -0.25) is 0 Å². The molecule has 2 amide bonds. The first kappa shape index (κ1) is 16.2. The van der Waals surface area contributed by atoms with Crippen molar-refractivity contribution in [1.82, 2.24) is 24.6 Å². The minimum atomic E-state index is -0.277. The molecule has 128 valence electrons. The van der Waals surface area contributed by atoms with E-state index in [1.54, 1.807) is 36.7 Å². The summed E-state index contributed by atoms with van der Waals surface area (Å²) in [6.07, 6.45) is 2.95. The first-order chi connectivity index (χ1) is 11.7. The van der Waals surface area contributed by atoms with Crippen molar-refractivity contribution < 1.29 is 14.3 Å². The van der Waals surface area contributed by atoms with E-state index in [2.05, 4.69) is 20.5 Å². The summed E-state index contributed by atoms with van der Waals surface area (Å²) in [7, 11) is 1.55. The molecule has 1 aliphatic rings. The largest absolute Gasteiger partial charge is 0.481 e. The predicted molar refractivity (Wildman–Crippen MR) is 85.8 cm³/mol. The number of urea groups is 1. The van der Waals surface area contributed by atoms with E-state index in [1.807, 2.05) is 11.5 Å². The number of carbonyl (C=O) groups is 1. The molecule has 0 aliphatic carbocycles. The topological polar surface area (TPSA) is 94.4 Å². The van der Waals surface area contributed by atoms with Gasteiger partial charge in [0.25, 0.3) is 0 Å². The predicted octanol–water partition coefficient (Wildman–Crippen LogP) is 1.31. The van der Waals surface area contributed by atoms with E-state index in [0.717, 1.165) is 12.4 Å². The summed E-state index contributed by atoms with van der Waals surface area (Å²) in [6.45, 7) is 4.17. The molecule has 0 radical (unpaired) electrons. The van der Waals surface area contributed by atoms with Crippen LogP contribution in [0.25, 0.3) is 0 Å². The third-order valence-electron chi connectivity index (χ3n) is 3.82. The van der Waals surface area contributed by atoms with E-state index in [1.165, 1.54) is 0 Å². The third-order valence-corrected chi connectivity index (χ3v) is 3.82. The fourth-order valence-corrected chi connectivity index (χ4v) is 2.52. The molecule has 2 aromatic heterocycles. The lowest BCUT2D eigenvalue weighted by Crippen LogP contribution is -2.44. The summed E-state index contributed by atoms with van der Waals surface area (Å²) in [6, 6.07) is 3.24. The van der Waals surface area contributed by atoms with Crippen LogP contribution in [0, 0.1) is 0 Å². The van der Waals surface area contributed by atoms with Gasteiger partial charge in [0, 0.05) is 19.2 Å². The summed E-state index contributed by atoms with van der Waals surface area (Å²) in [5, 5.41) is 10.9. The number of anilines is 1. The third kappa shape index (κ3) is 3.46. The van der Waals surface area contributed by atoms with Gasteiger partial charge >= 0.3 is 6.03 Å². The number of amides is 2. The number of hydrogen-bond acceptors (Lipinski definition) is 6. The number of nitrogens with zero attached hydrogens (tertiary/aromatic N) is 5. The minimum Gasteiger partial charge on any atom is -0.481 e. The smallest absolute Gasteiger partial charge is 0.322 e. The number of morpholine rings is 1. The molecule has 0 aromatic carbocycles. The maximum absolute atomic E-state index is 12.4. The molecule has 0 bridgehead atoms. The van der Waals surface area contributed by atoms with Crippen LogP contribution in [0.3, 0.4) is 0 Å². The highest BCUT2D eigenvalue weighted by molar-refractivity contribution is 5.89. The van der Waals surface area contributed by atoms with Crippen LogP contribution in [-0.4, -0.2) is 57.5 Å². The number of pyridine rings is 1. The second-order valence-corrected chi connectivity index (χ2v) is 5.30. The van der Waals surface area contributed by atoms with Gasteiger partial charge < -0.3 is 24.3 Å². The fraction of sp³-hybridized carbons (Fsp3) is 0.467. The van der Waals surface area contributed by atoms with Gasteiger partial charge in [0.1, 0.15) is 12.4 Å². The van der Waals surface area contributed by atoms with Gasteiger partial charge in [0.2, 0.25) is 5.88 Å². The Morgan fingerprint density at radius 1 is 1.50 bits per heavy atom. The fourth-order valence-electron chi connectivity index (χ4n) is 2.52. The molecule has 1 fully saturated rings. The Morgan fingerprint density at radius 2 is 2.38 bits per heavy atom. The van der Waals surface area contributed by atoms with Crippen molar-refractivity contribution in [3.8, 4) is 5.88 Å². The van der Waals surface area contributed by atoms with Crippen LogP contribution in [0.15, 0.2) is 24.7 Å². The van der Waals surface area contributed by atoms with E-state index in [-0.39, 0.29) is 12.1 Å². The van der Waals surface area contributed by atoms with Gasteiger partial charge in [-0.25, -0.2) is 9.78 Å². The first-order valence-electron chi connectivity index (χ1n) is 7.76. The Hall–Kier alpha value is -2.68. The van der Waals surface area contributed by atoms with Gasteiger partial charge in [-0.2, -0.15) is 0 Å². The Morgan fingerprint density at radius 3 is 3.08 bits per heavy atom. The summed E-state index contributed by atoms with van der Waals surface area (Å²) < 4.78 is 12.7. The average Bonchev–Trinajstić information content (AvgIpc) is 3.11. The quantitative estimate of drug-likeness (QED) is 0.907. The van der Waals surface area contributed by atoms with E-state index >= 15 is 0 Å². The number of carbonyl (C=O) groups excluding carboxylic acids is 1. The van der Waals surface area contributed by atoms with Crippen LogP contribution in [-0.2, 0) is 11.3 Å². The van der Waals surface area contributed by atoms with E-state index < -0.39 is 0 Å². The highest BCUT2D eigenvalue weighted by atomic mass is 16.5. The van der Waals surface area contributed by atoms with Gasteiger partial charge in [-0.15, -0.1) is 10.2 Å². The molecule has 3 heterocycles. The second-order valence-electron chi connectivity index (χ2n) is 5.30. The van der Waals surface area contributed by atoms with Crippen LogP contribution in [0.1, 0.15) is 18.9 Å². The van der Waals surface area contributed by atoms with Crippen molar-refractivity contribution in [2.45, 2.75) is 19.6 Å². The maximum Gasteiger partial charge on any atom is 0.322 e. The highest BCUT2D eigenvalue weighted by Crippen LogP contribution is 2.21. The van der Waals surface area contributed by atoms with Gasteiger partial charge in [-0.1, -0.05) is 0 Å².